The van der Waals surface area contributed by atoms with Crippen molar-refractivity contribution in [3.05, 3.63) is 51.8 Å². The SMILES string of the molecule is COCCNC(=O)c1n[nH]c2c1CCCCC[C@@H]2Cc1cccc(Cl)c1. The van der Waals surface area contributed by atoms with Gasteiger partial charge in [0.25, 0.3) is 5.91 Å². The highest BCUT2D eigenvalue weighted by Crippen LogP contribution is 2.33. The van der Waals surface area contributed by atoms with Crippen molar-refractivity contribution >= 4 is 17.5 Å². The number of H-pyrrole nitrogens is 1. The van der Waals surface area contributed by atoms with E-state index in [4.69, 9.17) is 16.3 Å². The van der Waals surface area contributed by atoms with Crippen LogP contribution in [-0.4, -0.2) is 36.4 Å². The van der Waals surface area contributed by atoms with E-state index in [1.54, 1.807) is 7.11 Å². The molecule has 1 aliphatic rings. The molecule has 0 aliphatic heterocycles. The molecule has 0 unspecified atom stereocenters. The summed E-state index contributed by atoms with van der Waals surface area (Å²) in [6, 6.07) is 8.02. The number of nitrogens with one attached hydrogen (secondary N) is 2. The third-order valence-electron chi connectivity index (χ3n) is 4.96. The van der Waals surface area contributed by atoms with Crippen LogP contribution in [0.2, 0.25) is 5.02 Å². The first-order valence-corrected chi connectivity index (χ1v) is 9.65. The highest BCUT2D eigenvalue weighted by Gasteiger charge is 2.26. The van der Waals surface area contributed by atoms with Gasteiger partial charge in [-0.05, 0) is 43.4 Å². The lowest BCUT2D eigenvalue weighted by molar-refractivity contribution is 0.0931. The van der Waals surface area contributed by atoms with Crippen molar-refractivity contribution < 1.29 is 9.53 Å². The molecule has 0 bridgehead atoms. The Morgan fingerprint density at radius 3 is 3.08 bits per heavy atom. The number of carbonyl (C=O) groups excluding carboxylic acids is 1. The lowest BCUT2D eigenvalue weighted by Crippen LogP contribution is -2.28. The Morgan fingerprint density at radius 2 is 2.27 bits per heavy atom. The molecule has 1 heterocycles. The van der Waals surface area contributed by atoms with Gasteiger partial charge < -0.3 is 10.1 Å². The van der Waals surface area contributed by atoms with Gasteiger partial charge in [-0.1, -0.05) is 36.6 Å². The van der Waals surface area contributed by atoms with E-state index in [1.165, 1.54) is 18.4 Å². The minimum atomic E-state index is -0.123. The Balaban J connectivity index is 1.82. The van der Waals surface area contributed by atoms with Gasteiger partial charge in [-0.15, -0.1) is 0 Å². The average molecular weight is 376 g/mol. The van der Waals surface area contributed by atoms with E-state index < -0.39 is 0 Å². The molecule has 0 fully saturated rings. The van der Waals surface area contributed by atoms with E-state index in [-0.39, 0.29) is 5.91 Å². The van der Waals surface area contributed by atoms with Crippen LogP contribution < -0.4 is 5.32 Å². The third-order valence-corrected chi connectivity index (χ3v) is 5.20. The Kier molecular flexibility index (Phi) is 6.69. The number of nitrogens with zero attached hydrogens (tertiary/aromatic N) is 1. The lowest BCUT2D eigenvalue weighted by Gasteiger charge is -2.20. The number of aromatic nitrogens is 2. The van der Waals surface area contributed by atoms with E-state index in [9.17, 15) is 4.79 Å². The van der Waals surface area contributed by atoms with Gasteiger partial charge in [0.05, 0.1) is 6.61 Å². The molecular formula is C20H26ClN3O2. The molecule has 1 atom stereocenters. The molecule has 0 radical (unpaired) electrons. The summed E-state index contributed by atoms with van der Waals surface area (Å²) in [4.78, 5) is 12.5. The summed E-state index contributed by atoms with van der Waals surface area (Å²) in [5, 5.41) is 11.2. The minimum absolute atomic E-state index is 0.123. The topological polar surface area (TPSA) is 67.0 Å². The molecular weight excluding hydrogens is 350 g/mol. The number of methoxy groups -OCH3 is 1. The highest BCUT2D eigenvalue weighted by molar-refractivity contribution is 6.30. The molecule has 3 rings (SSSR count). The number of hydrogen-bond donors (Lipinski definition) is 2. The first kappa shape index (κ1) is 18.9. The summed E-state index contributed by atoms with van der Waals surface area (Å²) in [5.41, 5.74) is 3.94. The Labute approximate surface area is 159 Å². The molecule has 2 N–H and O–H groups in total. The number of halogens is 1. The van der Waals surface area contributed by atoms with E-state index in [1.807, 2.05) is 18.2 Å². The Bertz CT molecular complexity index is 744. The quantitative estimate of drug-likeness (QED) is 0.753. The van der Waals surface area contributed by atoms with Crippen LogP contribution in [-0.2, 0) is 17.6 Å². The number of rotatable bonds is 6. The van der Waals surface area contributed by atoms with Crippen LogP contribution in [0.5, 0.6) is 0 Å². The van der Waals surface area contributed by atoms with Crippen LogP contribution in [0.3, 0.4) is 0 Å². The van der Waals surface area contributed by atoms with Gasteiger partial charge in [0.2, 0.25) is 0 Å². The predicted molar refractivity (Wildman–Crippen MR) is 103 cm³/mol. The van der Waals surface area contributed by atoms with Gasteiger partial charge in [-0.3, -0.25) is 9.89 Å². The second-order valence-electron chi connectivity index (χ2n) is 6.84. The number of carbonyl (C=O) groups is 1. The number of benzene rings is 1. The monoisotopic (exact) mass is 375 g/mol. The molecule has 26 heavy (non-hydrogen) atoms. The zero-order chi connectivity index (χ0) is 18.4. The Hall–Kier alpha value is -1.85. The number of amides is 1. The fraction of sp³-hybridized carbons (Fsp3) is 0.500. The third kappa shape index (κ3) is 4.65. The zero-order valence-corrected chi connectivity index (χ0v) is 15.9. The second kappa shape index (κ2) is 9.19. The van der Waals surface area contributed by atoms with Crippen LogP contribution in [0.15, 0.2) is 24.3 Å². The van der Waals surface area contributed by atoms with Crippen molar-refractivity contribution in [3.8, 4) is 0 Å². The maximum absolute atomic E-state index is 12.5. The predicted octanol–water partition coefficient (Wildman–Crippen LogP) is 3.88. The first-order valence-electron chi connectivity index (χ1n) is 9.27. The van der Waals surface area contributed by atoms with E-state index >= 15 is 0 Å². The standard InChI is InChI=1S/C20H26ClN3O2/c1-26-11-10-22-20(25)19-17-9-4-2-3-7-15(18(17)23-24-19)12-14-6-5-8-16(21)13-14/h5-6,8,13,15H,2-4,7,9-12H2,1H3,(H,22,25)(H,23,24)/t15-/m1/s1. The molecule has 0 spiro atoms. The van der Waals surface area contributed by atoms with Gasteiger partial charge in [-0.25, -0.2) is 0 Å². The van der Waals surface area contributed by atoms with Crippen molar-refractivity contribution in [3.63, 3.8) is 0 Å². The molecule has 1 aromatic heterocycles. The summed E-state index contributed by atoms with van der Waals surface area (Å²) in [7, 11) is 1.62. The molecule has 1 amide bonds. The summed E-state index contributed by atoms with van der Waals surface area (Å²) < 4.78 is 5.00. The molecule has 2 aromatic rings. The van der Waals surface area contributed by atoms with Crippen molar-refractivity contribution in [2.45, 2.75) is 44.4 Å². The summed E-state index contributed by atoms with van der Waals surface area (Å²) in [6.07, 6.45) is 6.35. The van der Waals surface area contributed by atoms with Gasteiger partial charge in [0.1, 0.15) is 0 Å². The molecule has 0 saturated carbocycles. The summed E-state index contributed by atoms with van der Waals surface area (Å²) in [5.74, 6) is 0.207. The fourth-order valence-corrected chi connectivity index (χ4v) is 3.89. The summed E-state index contributed by atoms with van der Waals surface area (Å²) in [6.45, 7) is 0.985. The van der Waals surface area contributed by atoms with Gasteiger partial charge in [0.15, 0.2) is 5.69 Å². The number of aromatic amines is 1. The van der Waals surface area contributed by atoms with Crippen LogP contribution >= 0.6 is 11.6 Å². The molecule has 140 valence electrons. The van der Waals surface area contributed by atoms with Crippen molar-refractivity contribution in [2.24, 2.45) is 0 Å². The normalized spacial score (nSPS) is 17.2. The van der Waals surface area contributed by atoms with Crippen LogP contribution in [0, 0.1) is 0 Å². The van der Waals surface area contributed by atoms with Gasteiger partial charge >= 0.3 is 0 Å². The minimum Gasteiger partial charge on any atom is -0.383 e. The summed E-state index contributed by atoms with van der Waals surface area (Å²) >= 11 is 6.14. The maximum atomic E-state index is 12.5. The maximum Gasteiger partial charge on any atom is 0.272 e. The van der Waals surface area contributed by atoms with Crippen molar-refractivity contribution in [1.29, 1.82) is 0 Å². The van der Waals surface area contributed by atoms with Crippen molar-refractivity contribution in [2.75, 3.05) is 20.3 Å². The smallest absolute Gasteiger partial charge is 0.272 e. The van der Waals surface area contributed by atoms with Crippen molar-refractivity contribution in [1.82, 2.24) is 15.5 Å². The zero-order valence-electron chi connectivity index (χ0n) is 15.2. The molecule has 1 aromatic carbocycles. The Morgan fingerprint density at radius 1 is 1.38 bits per heavy atom. The molecule has 6 heteroatoms. The van der Waals surface area contributed by atoms with Gasteiger partial charge in [0, 0.05) is 35.9 Å². The first-order chi connectivity index (χ1) is 12.7. The molecule has 0 saturated heterocycles. The number of hydrogen-bond acceptors (Lipinski definition) is 3. The van der Waals surface area contributed by atoms with Crippen LogP contribution in [0.1, 0.15) is 58.9 Å². The van der Waals surface area contributed by atoms with E-state index in [0.29, 0.717) is 24.8 Å². The van der Waals surface area contributed by atoms with Crippen LogP contribution in [0.4, 0.5) is 0 Å². The fourth-order valence-electron chi connectivity index (χ4n) is 3.67. The molecule has 1 aliphatic carbocycles. The number of ether oxygens (including phenoxy) is 1. The number of fused-ring (bicyclic) bond motifs is 1. The second-order valence-corrected chi connectivity index (χ2v) is 7.28. The average Bonchev–Trinajstić information content (AvgIpc) is 3.01. The lowest BCUT2D eigenvalue weighted by atomic mass is 9.85. The van der Waals surface area contributed by atoms with E-state index in [0.717, 1.165) is 42.0 Å². The van der Waals surface area contributed by atoms with E-state index in [2.05, 4.69) is 21.6 Å². The largest absolute Gasteiger partial charge is 0.383 e. The highest BCUT2D eigenvalue weighted by atomic mass is 35.5. The molecule has 5 nitrogen and oxygen atoms in total. The van der Waals surface area contributed by atoms with Crippen LogP contribution in [0.25, 0.3) is 0 Å². The van der Waals surface area contributed by atoms with Gasteiger partial charge in [-0.2, -0.15) is 5.10 Å².